The van der Waals surface area contributed by atoms with Crippen LogP contribution in [-0.2, 0) is 19.1 Å². The minimum absolute atomic E-state index is 0.0911. The second-order valence-electron chi connectivity index (χ2n) is 4.82. The van der Waals surface area contributed by atoms with Crippen molar-refractivity contribution in [1.82, 2.24) is 4.57 Å². The molecule has 1 aromatic carbocycles. The fourth-order valence-corrected chi connectivity index (χ4v) is 2.65. The summed E-state index contributed by atoms with van der Waals surface area (Å²) in [6.45, 7) is 2.21. The standard InChI is InChI=1S/C16H12ClF3N2O/c1-2-22-12(7-8-21)9-13(17)14(22)15(23)10-3-5-11(6-4-10)16(18,19)20/h3-6,9H,2,7H2,1H3. The lowest BCUT2D eigenvalue weighted by atomic mass is 10.1. The Morgan fingerprint density at radius 1 is 1.30 bits per heavy atom. The van der Waals surface area contributed by atoms with E-state index in [-0.39, 0.29) is 22.7 Å². The largest absolute Gasteiger partial charge is 0.416 e. The Hall–Kier alpha value is -2.26. The summed E-state index contributed by atoms with van der Waals surface area (Å²) in [6.07, 6.45) is -4.36. The van der Waals surface area contributed by atoms with Gasteiger partial charge in [-0.3, -0.25) is 4.79 Å². The Kier molecular flexibility index (Phi) is 4.81. The molecule has 0 atom stereocenters. The van der Waals surface area contributed by atoms with Crippen LogP contribution in [0.25, 0.3) is 0 Å². The summed E-state index contributed by atoms with van der Waals surface area (Å²) >= 11 is 6.08. The van der Waals surface area contributed by atoms with Gasteiger partial charge < -0.3 is 4.57 Å². The van der Waals surface area contributed by atoms with Crippen molar-refractivity contribution in [2.75, 3.05) is 0 Å². The molecule has 0 aliphatic heterocycles. The van der Waals surface area contributed by atoms with Crippen LogP contribution >= 0.6 is 11.6 Å². The summed E-state index contributed by atoms with van der Waals surface area (Å²) in [5.74, 6) is -0.477. The van der Waals surface area contributed by atoms with Crippen LogP contribution in [0.3, 0.4) is 0 Å². The van der Waals surface area contributed by atoms with E-state index in [9.17, 15) is 18.0 Å². The topological polar surface area (TPSA) is 45.8 Å². The second-order valence-corrected chi connectivity index (χ2v) is 5.22. The number of hydrogen-bond donors (Lipinski definition) is 0. The molecule has 0 N–H and O–H groups in total. The molecule has 0 saturated heterocycles. The van der Waals surface area contributed by atoms with E-state index in [0.717, 1.165) is 24.3 Å². The van der Waals surface area contributed by atoms with E-state index in [4.69, 9.17) is 16.9 Å². The monoisotopic (exact) mass is 340 g/mol. The predicted molar refractivity (Wildman–Crippen MR) is 79.3 cm³/mol. The molecule has 0 bridgehead atoms. The van der Waals surface area contributed by atoms with Gasteiger partial charge in [0.2, 0.25) is 5.78 Å². The summed E-state index contributed by atoms with van der Waals surface area (Å²) in [5.41, 5.74) is 0.0573. The van der Waals surface area contributed by atoms with E-state index in [2.05, 4.69) is 0 Å². The van der Waals surface area contributed by atoms with Crippen LogP contribution in [0.4, 0.5) is 13.2 Å². The van der Waals surface area contributed by atoms with Crippen molar-refractivity contribution in [1.29, 1.82) is 5.26 Å². The van der Waals surface area contributed by atoms with E-state index >= 15 is 0 Å². The fraction of sp³-hybridized carbons (Fsp3) is 0.250. The number of ketones is 1. The van der Waals surface area contributed by atoms with Crippen LogP contribution in [0.1, 0.15) is 34.2 Å². The Labute approximate surface area is 135 Å². The molecule has 120 valence electrons. The third-order valence-corrected chi connectivity index (χ3v) is 3.69. The van der Waals surface area contributed by atoms with Crippen molar-refractivity contribution in [3.8, 4) is 6.07 Å². The summed E-state index contributed by atoms with van der Waals surface area (Å²) < 4.78 is 39.3. The normalized spacial score (nSPS) is 11.3. The van der Waals surface area contributed by atoms with Gasteiger partial charge in [-0.2, -0.15) is 18.4 Å². The molecule has 0 aliphatic rings. The van der Waals surface area contributed by atoms with Crippen LogP contribution in [0.5, 0.6) is 0 Å². The Morgan fingerprint density at radius 2 is 1.91 bits per heavy atom. The first-order valence-electron chi connectivity index (χ1n) is 6.76. The zero-order chi connectivity index (χ0) is 17.2. The minimum Gasteiger partial charge on any atom is -0.340 e. The Bertz CT molecular complexity index is 770. The van der Waals surface area contributed by atoms with Crippen LogP contribution in [0, 0.1) is 11.3 Å². The van der Waals surface area contributed by atoms with Gasteiger partial charge in [0.25, 0.3) is 0 Å². The number of hydrogen-bond acceptors (Lipinski definition) is 2. The van der Waals surface area contributed by atoms with Gasteiger partial charge in [-0.05, 0) is 25.1 Å². The Balaban J connectivity index is 2.43. The van der Waals surface area contributed by atoms with Gasteiger partial charge in [0.15, 0.2) is 0 Å². The van der Waals surface area contributed by atoms with Gasteiger partial charge in [-0.15, -0.1) is 0 Å². The molecule has 3 nitrogen and oxygen atoms in total. The molecule has 0 saturated carbocycles. The molecular weight excluding hydrogens is 329 g/mol. The number of alkyl halides is 3. The van der Waals surface area contributed by atoms with E-state index in [0.29, 0.717) is 12.2 Å². The highest BCUT2D eigenvalue weighted by atomic mass is 35.5. The second kappa shape index (κ2) is 6.47. The average Bonchev–Trinajstić information content (AvgIpc) is 2.81. The zero-order valence-electron chi connectivity index (χ0n) is 12.1. The minimum atomic E-state index is -4.46. The number of nitriles is 1. The summed E-state index contributed by atoms with van der Waals surface area (Å²) in [4.78, 5) is 12.6. The number of halogens is 4. The highest BCUT2D eigenvalue weighted by Crippen LogP contribution is 2.30. The van der Waals surface area contributed by atoms with Gasteiger partial charge in [-0.25, -0.2) is 0 Å². The summed E-state index contributed by atoms with van der Waals surface area (Å²) in [6, 6.07) is 7.48. The van der Waals surface area contributed by atoms with Crippen molar-refractivity contribution in [3.63, 3.8) is 0 Å². The van der Waals surface area contributed by atoms with E-state index in [1.165, 1.54) is 6.07 Å². The van der Waals surface area contributed by atoms with Gasteiger partial charge in [0.05, 0.1) is 23.1 Å². The molecule has 7 heteroatoms. The van der Waals surface area contributed by atoms with Crippen LogP contribution in [0.15, 0.2) is 30.3 Å². The molecule has 1 aromatic heterocycles. The first-order valence-corrected chi connectivity index (χ1v) is 7.14. The maximum Gasteiger partial charge on any atom is 0.416 e. The molecule has 0 fully saturated rings. The van der Waals surface area contributed by atoms with Crippen molar-refractivity contribution >= 4 is 17.4 Å². The molecule has 2 aromatic rings. The molecular formula is C16H12ClF3N2O. The van der Waals surface area contributed by atoms with Crippen LogP contribution in [-0.4, -0.2) is 10.4 Å². The number of nitrogens with zero attached hydrogens (tertiary/aromatic N) is 2. The molecule has 2 rings (SSSR count). The van der Waals surface area contributed by atoms with Gasteiger partial charge in [0.1, 0.15) is 5.69 Å². The van der Waals surface area contributed by atoms with E-state index < -0.39 is 17.5 Å². The zero-order valence-corrected chi connectivity index (χ0v) is 12.9. The van der Waals surface area contributed by atoms with Crippen molar-refractivity contribution < 1.29 is 18.0 Å². The maximum atomic E-state index is 12.6. The highest BCUT2D eigenvalue weighted by molar-refractivity contribution is 6.34. The lowest BCUT2D eigenvalue weighted by Gasteiger charge is -2.10. The Morgan fingerprint density at radius 3 is 2.39 bits per heavy atom. The number of carbonyl (C=O) groups is 1. The molecule has 0 spiro atoms. The SMILES string of the molecule is CCn1c(CC#N)cc(Cl)c1C(=O)c1ccc(C(F)(F)F)cc1. The molecule has 0 aliphatic carbocycles. The quantitative estimate of drug-likeness (QED) is 0.770. The van der Waals surface area contributed by atoms with Crippen molar-refractivity contribution in [2.24, 2.45) is 0 Å². The summed E-state index contributed by atoms with van der Waals surface area (Å²) in [5, 5.41) is 8.99. The predicted octanol–water partition coefficient (Wildman–Crippen LogP) is 4.48. The molecule has 0 unspecified atom stereocenters. The van der Waals surface area contributed by atoms with Gasteiger partial charge in [0, 0.05) is 17.8 Å². The lowest BCUT2D eigenvalue weighted by molar-refractivity contribution is -0.137. The van der Waals surface area contributed by atoms with E-state index in [1.54, 1.807) is 11.5 Å². The smallest absolute Gasteiger partial charge is 0.340 e. The molecule has 23 heavy (non-hydrogen) atoms. The van der Waals surface area contributed by atoms with Crippen LogP contribution in [0.2, 0.25) is 5.02 Å². The van der Waals surface area contributed by atoms with Crippen LogP contribution < -0.4 is 0 Å². The van der Waals surface area contributed by atoms with E-state index in [1.807, 2.05) is 6.07 Å². The van der Waals surface area contributed by atoms with Crippen molar-refractivity contribution in [2.45, 2.75) is 26.1 Å². The molecule has 0 radical (unpaired) electrons. The number of aromatic nitrogens is 1. The maximum absolute atomic E-state index is 12.6. The summed E-state index contributed by atoms with van der Waals surface area (Å²) in [7, 11) is 0. The third-order valence-electron chi connectivity index (χ3n) is 3.40. The number of benzene rings is 1. The highest BCUT2D eigenvalue weighted by Gasteiger charge is 2.30. The lowest BCUT2D eigenvalue weighted by Crippen LogP contribution is -2.12. The number of carbonyl (C=O) groups excluding carboxylic acids is 1. The average molecular weight is 341 g/mol. The molecule has 1 heterocycles. The number of rotatable bonds is 4. The van der Waals surface area contributed by atoms with Gasteiger partial charge in [-0.1, -0.05) is 23.7 Å². The van der Waals surface area contributed by atoms with Gasteiger partial charge >= 0.3 is 6.18 Å². The first kappa shape index (κ1) is 17.1. The molecule has 0 amide bonds. The first-order chi connectivity index (χ1) is 10.8. The third kappa shape index (κ3) is 3.40. The van der Waals surface area contributed by atoms with Crippen molar-refractivity contribution in [3.05, 3.63) is 57.9 Å². The fourth-order valence-electron chi connectivity index (χ4n) is 2.33.